The Morgan fingerprint density at radius 1 is 1.22 bits per heavy atom. The van der Waals surface area contributed by atoms with E-state index in [1.54, 1.807) is 12.3 Å². The van der Waals surface area contributed by atoms with Crippen molar-refractivity contribution in [3.63, 3.8) is 0 Å². The Kier molecular flexibility index (Phi) is 4.80. The van der Waals surface area contributed by atoms with Crippen LogP contribution in [0.4, 0.5) is 9.52 Å². The highest BCUT2D eigenvalue weighted by Crippen LogP contribution is 2.30. The second-order valence-corrected chi connectivity index (χ2v) is 6.59. The van der Waals surface area contributed by atoms with Gasteiger partial charge in [0.15, 0.2) is 0 Å². The Labute approximate surface area is 158 Å². The van der Waals surface area contributed by atoms with E-state index in [4.69, 9.17) is 9.47 Å². The number of hydrogen-bond donors (Lipinski definition) is 0. The van der Waals surface area contributed by atoms with Crippen LogP contribution in [0.3, 0.4) is 0 Å². The van der Waals surface area contributed by atoms with Gasteiger partial charge in [0.2, 0.25) is 10.9 Å². The van der Waals surface area contributed by atoms with Crippen LogP contribution in [0.25, 0.3) is 10.2 Å². The van der Waals surface area contributed by atoms with Gasteiger partial charge in [-0.05, 0) is 23.8 Å². The molecule has 8 heteroatoms. The quantitative estimate of drug-likeness (QED) is 0.509. The Balaban J connectivity index is 1.73. The van der Waals surface area contributed by atoms with Gasteiger partial charge in [0.05, 0.1) is 16.4 Å². The molecule has 136 valence electrons. The van der Waals surface area contributed by atoms with Crippen molar-refractivity contribution in [1.82, 2.24) is 4.98 Å². The number of rotatable bonds is 4. The summed E-state index contributed by atoms with van der Waals surface area (Å²) in [6.07, 6.45) is 2.82. The largest absolute Gasteiger partial charge is 0.494 e. The molecule has 1 aromatic heterocycles. The van der Waals surface area contributed by atoms with Crippen LogP contribution in [0, 0.1) is 5.82 Å². The molecule has 3 aromatic rings. The Bertz CT molecular complexity index is 1030. The highest BCUT2D eigenvalue weighted by Gasteiger charge is 2.26. The summed E-state index contributed by atoms with van der Waals surface area (Å²) in [5.74, 6) is -0.839. The minimum Gasteiger partial charge on any atom is -0.494 e. The number of halogens is 1. The lowest BCUT2D eigenvalue weighted by atomic mass is 10.2. The first-order valence-electron chi connectivity index (χ1n) is 8.15. The second-order valence-electron chi connectivity index (χ2n) is 5.58. The number of hydrogen-bond acceptors (Lipinski definition) is 6. The van der Waals surface area contributed by atoms with Crippen molar-refractivity contribution >= 4 is 38.8 Å². The van der Waals surface area contributed by atoms with Crippen molar-refractivity contribution < 1.29 is 18.7 Å². The number of ether oxygens (including phenoxy) is 2. The van der Waals surface area contributed by atoms with Gasteiger partial charge in [0.1, 0.15) is 25.3 Å². The van der Waals surface area contributed by atoms with Gasteiger partial charge in [-0.1, -0.05) is 41.7 Å². The standard InChI is InChI=1S/C19H14FN3O3S/c20-14-6-7-15-17(10-14)27-19(22-15)23(18(24)16-12-25-8-9-26-16)21-11-13-4-2-1-3-5-13/h1-7,10-12H,8-9H2/b21-11+. The number of amides is 1. The van der Waals surface area contributed by atoms with Crippen LogP contribution >= 0.6 is 11.3 Å². The lowest BCUT2D eigenvalue weighted by Gasteiger charge is -2.19. The van der Waals surface area contributed by atoms with Crippen LogP contribution in [-0.4, -0.2) is 30.3 Å². The predicted octanol–water partition coefficient (Wildman–Crippen LogP) is 3.69. The first-order valence-corrected chi connectivity index (χ1v) is 8.96. The molecule has 0 atom stereocenters. The van der Waals surface area contributed by atoms with E-state index < -0.39 is 5.91 Å². The molecule has 4 rings (SSSR count). The maximum atomic E-state index is 13.5. The van der Waals surface area contributed by atoms with Crippen molar-refractivity contribution in [2.24, 2.45) is 5.10 Å². The average molecular weight is 383 g/mol. The molecule has 1 aliphatic heterocycles. The summed E-state index contributed by atoms with van der Waals surface area (Å²) < 4.78 is 24.7. The minimum atomic E-state index is -0.513. The molecule has 0 radical (unpaired) electrons. The third-order valence-corrected chi connectivity index (χ3v) is 4.69. The highest BCUT2D eigenvalue weighted by atomic mass is 32.1. The molecule has 1 amide bonds. The maximum absolute atomic E-state index is 13.5. The van der Waals surface area contributed by atoms with E-state index in [0.29, 0.717) is 22.0 Å². The molecule has 2 heterocycles. The van der Waals surface area contributed by atoms with Crippen molar-refractivity contribution in [2.45, 2.75) is 0 Å². The summed E-state index contributed by atoms with van der Waals surface area (Å²) >= 11 is 1.16. The fraction of sp³-hybridized carbons (Fsp3) is 0.105. The monoisotopic (exact) mass is 383 g/mol. The fourth-order valence-electron chi connectivity index (χ4n) is 2.41. The van der Waals surface area contributed by atoms with Gasteiger partial charge in [-0.15, -0.1) is 0 Å². The zero-order valence-corrected chi connectivity index (χ0v) is 14.9. The molecular weight excluding hydrogens is 369 g/mol. The van der Waals surface area contributed by atoms with Crippen LogP contribution in [0.1, 0.15) is 5.56 Å². The molecule has 0 fully saturated rings. The van der Waals surface area contributed by atoms with Crippen molar-refractivity contribution in [2.75, 3.05) is 18.2 Å². The number of thiazole rings is 1. The number of hydrazone groups is 1. The van der Waals surface area contributed by atoms with E-state index >= 15 is 0 Å². The molecule has 6 nitrogen and oxygen atoms in total. The van der Waals surface area contributed by atoms with Gasteiger partial charge in [-0.3, -0.25) is 4.79 Å². The molecule has 0 saturated carbocycles. The Morgan fingerprint density at radius 2 is 2.07 bits per heavy atom. The third kappa shape index (κ3) is 3.80. The van der Waals surface area contributed by atoms with E-state index in [9.17, 15) is 9.18 Å². The number of anilines is 1. The molecular formula is C19H14FN3O3S. The number of aromatic nitrogens is 1. The van der Waals surface area contributed by atoms with Crippen LogP contribution in [0.2, 0.25) is 0 Å². The number of carbonyl (C=O) groups is 1. The minimum absolute atomic E-state index is 0.0388. The summed E-state index contributed by atoms with van der Waals surface area (Å²) in [6, 6.07) is 13.6. The van der Waals surface area contributed by atoms with E-state index in [1.807, 2.05) is 30.3 Å². The van der Waals surface area contributed by atoms with E-state index in [2.05, 4.69) is 10.1 Å². The number of fused-ring (bicyclic) bond motifs is 1. The molecule has 2 aromatic carbocycles. The van der Waals surface area contributed by atoms with Crippen LogP contribution in [0.5, 0.6) is 0 Å². The molecule has 0 unspecified atom stereocenters. The summed E-state index contributed by atoms with van der Waals surface area (Å²) in [7, 11) is 0. The van der Waals surface area contributed by atoms with Gasteiger partial charge >= 0.3 is 5.91 Å². The predicted molar refractivity (Wildman–Crippen MR) is 101 cm³/mol. The molecule has 0 aliphatic carbocycles. The highest BCUT2D eigenvalue weighted by molar-refractivity contribution is 7.22. The van der Waals surface area contributed by atoms with Crippen molar-refractivity contribution in [3.05, 3.63) is 71.9 Å². The smallest absolute Gasteiger partial charge is 0.319 e. The summed E-state index contributed by atoms with van der Waals surface area (Å²) in [4.78, 5) is 17.3. The zero-order valence-electron chi connectivity index (χ0n) is 14.0. The SMILES string of the molecule is O=C(C1=COCCO1)N(/N=C/c1ccccc1)c1nc2ccc(F)cc2s1. The molecule has 0 N–H and O–H groups in total. The second kappa shape index (κ2) is 7.55. The van der Waals surface area contributed by atoms with Crippen LogP contribution < -0.4 is 5.01 Å². The van der Waals surface area contributed by atoms with Gasteiger partial charge in [-0.2, -0.15) is 10.1 Å². The van der Waals surface area contributed by atoms with Gasteiger partial charge in [0, 0.05) is 0 Å². The fourth-order valence-corrected chi connectivity index (χ4v) is 3.36. The van der Waals surface area contributed by atoms with E-state index in [0.717, 1.165) is 21.9 Å². The lowest BCUT2D eigenvalue weighted by Crippen LogP contribution is -2.30. The van der Waals surface area contributed by atoms with E-state index in [-0.39, 0.29) is 18.2 Å². The average Bonchev–Trinajstić information content (AvgIpc) is 3.12. The number of nitrogens with zero attached hydrogens (tertiary/aromatic N) is 3. The Hall–Kier alpha value is -3.26. The lowest BCUT2D eigenvalue weighted by molar-refractivity contribution is -0.119. The third-order valence-electron chi connectivity index (χ3n) is 3.69. The number of benzene rings is 2. The summed E-state index contributed by atoms with van der Waals surface area (Å²) in [5.41, 5.74) is 1.40. The first kappa shape index (κ1) is 17.2. The van der Waals surface area contributed by atoms with Gasteiger partial charge in [0.25, 0.3) is 0 Å². The summed E-state index contributed by atoms with van der Waals surface area (Å²) in [6.45, 7) is 0.656. The van der Waals surface area contributed by atoms with E-state index in [1.165, 1.54) is 18.4 Å². The van der Waals surface area contributed by atoms with Crippen LogP contribution in [-0.2, 0) is 14.3 Å². The van der Waals surface area contributed by atoms with Crippen molar-refractivity contribution in [1.29, 1.82) is 0 Å². The topological polar surface area (TPSA) is 64.0 Å². The van der Waals surface area contributed by atoms with Crippen molar-refractivity contribution in [3.8, 4) is 0 Å². The van der Waals surface area contributed by atoms with Gasteiger partial charge < -0.3 is 9.47 Å². The normalized spacial score (nSPS) is 13.9. The zero-order chi connectivity index (χ0) is 18.6. The summed E-state index contributed by atoms with van der Waals surface area (Å²) in [5, 5.41) is 5.74. The maximum Gasteiger partial charge on any atom is 0.319 e. The Morgan fingerprint density at radius 3 is 2.85 bits per heavy atom. The van der Waals surface area contributed by atoms with Gasteiger partial charge in [-0.25, -0.2) is 9.37 Å². The molecule has 0 bridgehead atoms. The van der Waals surface area contributed by atoms with Crippen LogP contribution in [0.15, 0.2) is 65.7 Å². The molecule has 0 saturated heterocycles. The first-order chi connectivity index (χ1) is 13.2. The molecule has 27 heavy (non-hydrogen) atoms. The molecule has 0 spiro atoms. The number of carbonyl (C=O) groups excluding carboxylic acids is 1. The molecule has 1 aliphatic rings.